The Bertz CT molecular complexity index is 413. The fourth-order valence-electron chi connectivity index (χ4n) is 1.74. The lowest BCUT2D eigenvalue weighted by Crippen LogP contribution is -2.34. The minimum atomic E-state index is 0.0701. The Morgan fingerprint density at radius 1 is 1.29 bits per heavy atom. The molecule has 0 amide bonds. The van der Waals surface area contributed by atoms with Crippen molar-refractivity contribution >= 4 is 0 Å². The molecule has 0 aliphatic carbocycles. The zero-order valence-corrected chi connectivity index (χ0v) is 9.63. The Labute approximate surface area is 101 Å². The number of benzene rings is 1. The van der Waals surface area contributed by atoms with Crippen molar-refractivity contribution in [2.45, 2.75) is 19.0 Å². The van der Waals surface area contributed by atoms with Gasteiger partial charge >= 0.3 is 0 Å². The third kappa shape index (κ3) is 3.69. The molecule has 1 aromatic heterocycles. The highest BCUT2D eigenvalue weighted by Gasteiger charge is 2.07. The molecule has 0 aliphatic rings. The molecule has 4 heteroatoms. The van der Waals surface area contributed by atoms with Gasteiger partial charge in [-0.2, -0.15) is 0 Å². The van der Waals surface area contributed by atoms with Crippen molar-refractivity contribution in [2.75, 3.05) is 6.61 Å². The van der Waals surface area contributed by atoms with Gasteiger partial charge in [0, 0.05) is 24.5 Å². The van der Waals surface area contributed by atoms with E-state index < -0.39 is 0 Å². The molecule has 0 bridgehead atoms. The highest BCUT2D eigenvalue weighted by Crippen LogP contribution is 2.03. The summed E-state index contributed by atoms with van der Waals surface area (Å²) in [7, 11) is 0. The second kappa shape index (κ2) is 6.18. The Morgan fingerprint density at radius 3 is 2.76 bits per heavy atom. The van der Waals surface area contributed by atoms with Gasteiger partial charge in [0.05, 0.1) is 12.9 Å². The number of H-pyrrole nitrogens is 1. The lowest BCUT2D eigenvalue weighted by Gasteiger charge is -2.15. The van der Waals surface area contributed by atoms with Gasteiger partial charge < -0.3 is 15.4 Å². The van der Waals surface area contributed by atoms with Crippen LogP contribution in [0.15, 0.2) is 42.9 Å². The summed E-state index contributed by atoms with van der Waals surface area (Å²) in [5, 5.41) is 12.6. The molecular weight excluding hydrogens is 214 g/mol. The molecule has 0 fully saturated rings. The summed E-state index contributed by atoms with van der Waals surface area (Å²) in [6.45, 7) is 0.821. The van der Waals surface area contributed by atoms with Gasteiger partial charge in [-0.3, -0.25) is 0 Å². The maximum absolute atomic E-state index is 9.33. The van der Waals surface area contributed by atoms with E-state index in [0.717, 1.165) is 12.1 Å². The van der Waals surface area contributed by atoms with Gasteiger partial charge in [0.25, 0.3) is 0 Å². The summed E-state index contributed by atoms with van der Waals surface area (Å²) in [5.74, 6) is 0. The molecule has 3 N–H and O–H groups in total. The molecule has 0 unspecified atom stereocenters. The number of aromatic amines is 1. The lowest BCUT2D eigenvalue weighted by molar-refractivity contribution is 0.240. The standard InChI is InChI=1S/C13H17N3O/c17-9-12(6-11-4-2-1-3-5-11)15-8-13-7-14-10-16-13/h1-5,7,10,12,15,17H,6,8-9H2,(H,14,16)/t12-/m1/s1. The SMILES string of the molecule is OC[C@@H](Cc1ccccc1)NCc1cnc[nH]1. The average Bonchev–Trinajstić information content (AvgIpc) is 2.89. The van der Waals surface area contributed by atoms with E-state index in [2.05, 4.69) is 27.4 Å². The van der Waals surface area contributed by atoms with E-state index in [1.54, 1.807) is 12.5 Å². The number of nitrogens with zero attached hydrogens (tertiary/aromatic N) is 1. The molecule has 4 nitrogen and oxygen atoms in total. The van der Waals surface area contributed by atoms with Crippen molar-refractivity contribution in [2.24, 2.45) is 0 Å². The summed E-state index contributed by atoms with van der Waals surface area (Å²) >= 11 is 0. The Hall–Kier alpha value is -1.65. The number of rotatable bonds is 6. The summed E-state index contributed by atoms with van der Waals surface area (Å²) in [6.07, 6.45) is 4.26. The van der Waals surface area contributed by atoms with Crippen molar-refractivity contribution in [3.05, 3.63) is 54.1 Å². The molecular formula is C13H17N3O. The third-order valence-corrected chi connectivity index (χ3v) is 2.68. The number of aliphatic hydroxyl groups excluding tert-OH is 1. The molecule has 0 aliphatic heterocycles. The van der Waals surface area contributed by atoms with Crippen LogP contribution in [0, 0.1) is 0 Å². The topological polar surface area (TPSA) is 60.9 Å². The van der Waals surface area contributed by atoms with Crippen LogP contribution >= 0.6 is 0 Å². The molecule has 0 saturated heterocycles. The first-order chi connectivity index (χ1) is 8.38. The van der Waals surface area contributed by atoms with E-state index in [1.807, 2.05) is 18.2 Å². The van der Waals surface area contributed by atoms with Crippen LogP contribution in [0.1, 0.15) is 11.3 Å². The number of aromatic nitrogens is 2. The first-order valence-corrected chi connectivity index (χ1v) is 5.74. The fourth-order valence-corrected chi connectivity index (χ4v) is 1.74. The van der Waals surface area contributed by atoms with Crippen molar-refractivity contribution in [3.8, 4) is 0 Å². The number of hydrogen-bond donors (Lipinski definition) is 3. The quantitative estimate of drug-likeness (QED) is 0.697. The summed E-state index contributed by atoms with van der Waals surface area (Å²) in [5.41, 5.74) is 2.25. The van der Waals surface area contributed by atoms with E-state index in [4.69, 9.17) is 0 Å². The molecule has 1 atom stereocenters. The second-order valence-corrected chi connectivity index (χ2v) is 4.03. The van der Waals surface area contributed by atoms with E-state index in [-0.39, 0.29) is 12.6 Å². The largest absolute Gasteiger partial charge is 0.395 e. The highest BCUT2D eigenvalue weighted by atomic mass is 16.3. The molecule has 0 radical (unpaired) electrons. The molecule has 1 aromatic carbocycles. The van der Waals surface area contributed by atoms with Gasteiger partial charge in [-0.1, -0.05) is 30.3 Å². The number of imidazole rings is 1. The molecule has 17 heavy (non-hydrogen) atoms. The summed E-state index contributed by atoms with van der Waals surface area (Å²) < 4.78 is 0. The van der Waals surface area contributed by atoms with Gasteiger partial charge in [-0.05, 0) is 12.0 Å². The molecule has 0 spiro atoms. The van der Waals surface area contributed by atoms with Crippen molar-refractivity contribution in [1.29, 1.82) is 0 Å². The first-order valence-electron chi connectivity index (χ1n) is 5.74. The average molecular weight is 231 g/mol. The van der Waals surface area contributed by atoms with Crippen LogP contribution in [0.3, 0.4) is 0 Å². The van der Waals surface area contributed by atoms with Crippen LogP contribution in [0.25, 0.3) is 0 Å². The number of nitrogens with one attached hydrogen (secondary N) is 2. The van der Waals surface area contributed by atoms with Gasteiger partial charge in [-0.25, -0.2) is 4.98 Å². The predicted octanol–water partition coefficient (Wildman–Crippen LogP) is 1.10. The highest BCUT2D eigenvalue weighted by molar-refractivity contribution is 5.16. The van der Waals surface area contributed by atoms with Crippen LogP contribution in [0.4, 0.5) is 0 Å². The van der Waals surface area contributed by atoms with Crippen LogP contribution < -0.4 is 5.32 Å². The van der Waals surface area contributed by atoms with Crippen LogP contribution in [-0.4, -0.2) is 27.7 Å². The molecule has 1 heterocycles. The Balaban J connectivity index is 1.85. The molecule has 2 rings (SSSR count). The molecule has 0 saturated carbocycles. The van der Waals surface area contributed by atoms with Gasteiger partial charge in [-0.15, -0.1) is 0 Å². The fraction of sp³-hybridized carbons (Fsp3) is 0.308. The van der Waals surface area contributed by atoms with Crippen LogP contribution in [0.2, 0.25) is 0 Å². The van der Waals surface area contributed by atoms with E-state index in [9.17, 15) is 5.11 Å². The van der Waals surface area contributed by atoms with Gasteiger partial charge in [0.2, 0.25) is 0 Å². The van der Waals surface area contributed by atoms with E-state index >= 15 is 0 Å². The minimum absolute atomic E-state index is 0.0701. The zero-order valence-electron chi connectivity index (χ0n) is 9.63. The smallest absolute Gasteiger partial charge is 0.0922 e. The van der Waals surface area contributed by atoms with Crippen molar-refractivity contribution in [3.63, 3.8) is 0 Å². The van der Waals surface area contributed by atoms with Crippen LogP contribution in [0.5, 0.6) is 0 Å². The second-order valence-electron chi connectivity index (χ2n) is 4.03. The summed E-state index contributed by atoms with van der Waals surface area (Å²) in [4.78, 5) is 6.98. The van der Waals surface area contributed by atoms with Crippen molar-refractivity contribution < 1.29 is 5.11 Å². The third-order valence-electron chi connectivity index (χ3n) is 2.68. The zero-order chi connectivity index (χ0) is 11.9. The first kappa shape index (κ1) is 11.8. The normalized spacial score (nSPS) is 12.5. The molecule has 2 aromatic rings. The van der Waals surface area contributed by atoms with Crippen LogP contribution in [-0.2, 0) is 13.0 Å². The lowest BCUT2D eigenvalue weighted by atomic mass is 10.1. The number of hydrogen-bond acceptors (Lipinski definition) is 3. The summed E-state index contributed by atoms with van der Waals surface area (Å²) in [6, 6.07) is 10.2. The van der Waals surface area contributed by atoms with Gasteiger partial charge in [0.1, 0.15) is 0 Å². The maximum atomic E-state index is 9.33. The monoisotopic (exact) mass is 231 g/mol. The predicted molar refractivity (Wildman–Crippen MR) is 66.4 cm³/mol. The van der Waals surface area contributed by atoms with Gasteiger partial charge in [0.15, 0.2) is 0 Å². The Kier molecular flexibility index (Phi) is 4.30. The Morgan fingerprint density at radius 2 is 2.12 bits per heavy atom. The maximum Gasteiger partial charge on any atom is 0.0922 e. The molecule has 90 valence electrons. The van der Waals surface area contributed by atoms with E-state index in [0.29, 0.717) is 6.54 Å². The van der Waals surface area contributed by atoms with E-state index in [1.165, 1.54) is 5.56 Å². The minimum Gasteiger partial charge on any atom is -0.395 e. The van der Waals surface area contributed by atoms with Crippen molar-refractivity contribution in [1.82, 2.24) is 15.3 Å². The number of aliphatic hydroxyl groups is 1.